The molecule has 1 fully saturated rings. The predicted octanol–water partition coefficient (Wildman–Crippen LogP) is 2.83. The third kappa shape index (κ3) is 1.97. The van der Waals surface area contributed by atoms with E-state index in [4.69, 9.17) is 0 Å². The van der Waals surface area contributed by atoms with E-state index in [1.54, 1.807) is 0 Å². The molecule has 2 heteroatoms. The van der Waals surface area contributed by atoms with Gasteiger partial charge in [0.25, 0.3) is 0 Å². The van der Waals surface area contributed by atoms with Crippen LogP contribution in [-0.4, -0.2) is 16.3 Å². The highest BCUT2D eigenvalue weighted by Crippen LogP contribution is 2.34. The zero-order chi connectivity index (χ0) is 11.8. The largest absolute Gasteiger partial charge is 0.333 e. The van der Waals surface area contributed by atoms with Crippen molar-refractivity contribution in [3.8, 4) is 0 Å². The van der Waals surface area contributed by atoms with Crippen molar-refractivity contribution in [1.29, 1.82) is 0 Å². The Kier molecular flexibility index (Phi) is 2.75. The molecule has 1 aliphatic rings. The fourth-order valence-corrected chi connectivity index (χ4v) is 2.57. The summed E-state index contributed by atoms with van der Waals surface area (Å²) in [4.78, 5) is 14.1. The van der Waals surface area contributed by atoms with E-state index in [2.05, 4.69) is 26.0 Å². The maximum absolute atomic E-state index is 12.1. The second-order valence-corrected chi connectivity index (χ2v) is 5.33. The summed E-state index contributed by atoms with van der Waals surface area (Å²) in [6, 6.07) is 10.2. The lowest BCUT2D eigenvalue weighted by Gasteiger charge is -2.31. The number of nitrogens with zero attached hydrogens (tertiary/aromatic N) is 1. The molecule has 2 nitrogen and oxygen atoms in total. The lowest BCUT2D eigenvalue weighted by atomic mass is 9.97. The smallest absolute Gasteiger partial charge is 0.226 e. The van der Waals surface area contributed by atoms with E-state index >= 15 is 0 Å². The van der Waals surface area contributed by atoms with Crippen molar-refractivity contribution in [2.24, 2.45) is 5.92 Å². The third-order valence-electron chi connectivity index (χ3n) is 3.41. The molecule has 86 valence electrons. The van der Waals surface area contributed by atoms with Gasteiger partial charge >= 0.3 is 0 Å². The van der Waals surface area contributed by atoms with Crippen LogP contribution < -0.4 is 0 Å². The number of hydrogen-bond acceptors (Lipinski definition) is 1. The quantitative estimate of drug-likeness (QED) is 0.746. The van der Waals surface area contributed by atoms with Crippen LogP contribution in [0.5, 0.6) is 0 Å². The molecule has 1 saturated heterocycles. The van der Waals surface area contributed by atoms with Gasteiger partial charge in [-0.25, -0.2) is 0 Å². The maximum atomic E-state index is 12.1. The van der Waals surface area contributed by atoms with Crippen molar-refractivity contribution < 1.29 is 4.79 Å². The van der Waals surface area contributed by atoms with Gasteiger partial charge in [-0.3, -0.25) is 4.79 Å². The molecular weight excluding hydrogens is 198 g/mol. The second-order valence-electron chi connectivity index (χ2n) is 5.33. The summed E-state index contributed by atoms with van der Waals surface area (Å²) in [5.41, 5.74) is 1.20. The van der Waals surface area contributed by atoms with E-state index in [1.807, 2.05) is 30.0 Å². The minimum absolute atomic E-state index is 0.00760. The minimum Gasteiger partial charge on any atom is -0.333 e. The first-order valence-corrected chi connectivity index (χ1v) is 5.86. The average molecular weight is 217 g/mol. The summed E-state index contributed by atoms with van der Waals surface area (Å²) in [7, 11) is 0. The zero-order valence-corrected chi connectivity index (χ0v) is 10.2. The SMILES string of the molecule is C[C@@H]1CC(C)(C)N(Cc2ccccc2)C1=O. The molecule has 2 rings (SSSR count). The van der Waals surface area contributed by atoms with Gasteiger partial charge in [0, 0.05) is 18.0 Å². The second kappa shape index (κ2) is 3.93. The van der Waals surface area contributed by atoms with Crippen LogP contribution in [0.2, 0.25) is 0 Å². The molecular formula is C14H19NO. The summed E-state index contributed by atoms with van der Waals surface area (Å²) in [6.07, 6.45) is 0.957. The highest BCUT2D eigenvalue weighted by molar-refractivity contribution is 5.81. The molecule has 0 spiro atoms. The highest BCUT2D eigenvalue weighted by Gasteiger charge is 2.42. The Balaban J connectivity index is 2.18. The molecule has 1 aromatic carbocycles. The molecule has 1 amide bonds. The molecule has 1 heterocycles. The fourth-order valence-electron chi connectivity index (χ4n) is 2.57. The summed E-state index contributed by atoms with van der Waals surface area (Å²) < 4.78 is 0. The van der Waals surface area contributed by atoms with Crippen molar-refractivity contribution >= 4 is 5.91 Å². The number of amides is 1. The maximum Gasteiger partial charge on any atom is 0.226 e. The van der Waals surface area contributed by atoms with Gasteiger partial charge < -0.3 is 4.90 Å². The zero-order valence-electron chi connectivity index (χ0n) is 10.2. The molecule has 16 heavy (non-hydrogen) atoms. The minimum atomic E-state index is -0.00760. The van der Waals surface area contributed by atoms with Gasteiger partial charge in [-0.1, -0.05) is 37.3 Å². The molecule has 0 bridgehead atoms. The Hall–Kier alpha value is -1.31. The number of carbonyl (C=O) groups is 1. The first kappa shape index (κ1) is 11.2. The number of carbonyl (C=O) groups excluding carboxylic acids is 1. The molecule has 1 atom stereocenters. The van der Waals surface area contributed by atoms with Gasteiger partial charge in [-0.2, -0.15) is 0 Å². The van der Waals surface area contributed by atoms with E-state index in [0.717, 1.165) is 13.0 Å². The van der Waals surface area contributed by atoms with E-state index < -0.39 is 0 Å². The Labute approximate surface area is 97.3 Å². The number of benzene rings is 1. The van der Waals surface area contributed by atoms with Gasteiger partial charge in [-0.15, -0.1) is 0 Å². The molecule has 1 aromatic rings. The van der Waals surface area contributed by atoms with Crippen molar-refractivity contribution in [3.05, 3.63) is 35.9 Å². The van der Waals surface area contributed by atoms with Crippen LogP contribution in [0.1, 0.15) is 32.8 Å². The van der Waals surface area contributed by atoms with Crippen LogP contribution in [0, 0.1) is 5.92 Å². The normalized spacial score (nSPS) is 23.8. The third-order valence-corrected chi connectivity index (χ3v) is 3.41. The van der Waals surface area contributed by atoms with Gasteiger partial charge in [-0.05, 0) is 25.8 Å². The summed E-state index contributed by atoms with van der Waals surface area (Å²) >= 11 is 0. The number of hydrogen-bond donors (Lipinski definition) is 0. The first-order chi connectivity index (χ1) is 7.50. The van der Waals surface area contributed by atoms with Crippen LogP contribution >= 0.6 is 0 Å². The Morgan fingerprint density at radius 3 is 2.44 bits per heavy atom. The molecule has 0 saturated carbocycles. The molecule has 0 aromatic heterocycles. The number of likely N-dealkylation sites (tertiary alicyclic amines) is 1. The Morgan fingerprint density at radius 2 is 1.94 bits per heavy atom. The molecule has 0 radical (unpaired) electrons. The Morgan fingerprint density at radius 1 is 1.31 bits per heavy atom. The van der Waals surface area contributed by atoms with Gasteiger partial charge in [0.15, 0.2) is 0 Å². The monoisotopic (exact) mass is 217 g/mol. The van der Waals surface area contributed by atoms with Crippen LogP contribution in [0.15, 0.2) is 30.3 Å². The topological polar surface area (TPSA) is 20.3 Å². The molecule has 0 aliphatic carbocycles. The number of rotatable bonds is 2. The van der Waals surface area contributed by atoms with Crippen LogP contribution in [0.3, 0.4) is 0 Å². The van der Waals surface area contributed by atoms with Crippen LogP contribution in [0.4, 0.5) is 0 Å². The lowest BCUT2D eigenvalue weighted by molar-refractivity contribution is -0.133. The first-order valence-electron chi connectivity index (χ1n) is 5.86. The van der Waals surface area contributed by atoms with Gasteiger partial charge in [0.05, 0.1) is 0 Å². The van der Waals surface area contributed by atoms with Crippen molar-refractivity contribution in [3.63, 3.8) is 0 Å². The highest BCUT2D eigenvalue weighted by atomic mass is 16.2. The summed E-state index contributed by atoms with van der Waals surface area (Å²) in [6.45, 7) is 7.06. The molecule has 0 unspecified atom stereocenters. The van der Waals surface area contributed by atoms with Crippen LogP contribution in [0.25, 0.3) is 0 Å². The fraction of sp³-hybridized carbons (Fsp3) is 0.500. The van der Waals surface area contributed by atoms with Crippen LogP contribution in [-0.2, 0) is 11.3 Å². The van der Waals surface area contributed by atoms with E-state index in [0.29, 0.717) is 0 Å². The van der Waals surface area contributed by atoms with Crippen molar-refractivity contribution in [2.75, 3.05) is 0 Å². The Bertz CT molecular complexity index is 383. The van der Waals surface area contributed by atoms with Crippen molar-refractivity contribution in [2.45, 2.75) is 39.3 Å². The van der Waals surface area contributed by atoms with E-state index in [-0.39, 0.29) is 17.4 Å². The lowest BCUT2D eigenvalue weighted by Crippen LogP contribution is -2.40. The summed E-state index contributed by atoms with van der Waals surface area (Å²) in [5, 5.41) is 0. The van der Waals surface area contributed by atoms with E-state index in [9.17, 15) is 4.79 Å². The summed E-state index contributed by atoms with van der Waals surface area (Å²) in [5.74, 6) is 0.451. The molecule has 1 aliphatic heterocycles. The van der Waals surface area contributed by atoms with E-state index in [1.165, 1.54) is 5.56 Å². The van der Waals surface area contributed by atoms with Crippen molar-refractivity contribution in [1.82, 2.24) is 4.90 Å². The standard InChI is InChI=1S/C14H19NO/c1-11-9-14(2,3)15(13(11)16)10-12-7-5-4-6-8-12/h4-8,11H,9-10H2,1-3H3/t11-/m1/s1. The van der Waals surface area contributed by atoms with Gasteiger partial charge in [0.2, 0.25) is 5.91 Å². The van der Waals surface area contributed by atoms with Gasteiger partial charge in [0.1, 0.15) is 0 Å². The average Bonchev–Trinajstić information content (AvgIpc) is 2.42. The predicted molar refractivity (Wildman–Crippen MR) is 64.9 cm³/mol. The molecule has 0 N–H and O–H groups in total.